The number of aromatic nitrogens is 2. The first-order chi connectivity index (χ1) is 11.5. The third-order valence-corrected chi connectivity index (χ3v) is 3.33. The van der Waals surface area contributed by atoms with Gasteiger partial charge in [-0.25, -0.2) is 13.8 Å². The molecule has 2 aromatic heterocycles. The van der Waals surface area contributed by atoms with Crippen molar-refractivity contribution in [3.63, 3.8) is 0 Å². The summed E-state index contributed by atoms with van der Waals surface area (Å²) in [5, 5.41) is 2.64. The van der Waals surface area contributed by atoms with E-state index in [0.717, 1.165) is 6.20 Å². The van der Waals surface area contributed by atoms with Crippen LogP contribution in [0.25, 0.3) is 11.1 Å². The third kappa shape index (κ3) is 3.60. The second-order valence-electron chi connectivity index (χ2n) is 5.24. The number of halogens is 2. The molecule has 3 aromatic rings. The minimum Gasteiger partial charge on any atom is -0.321 e. The summed E-state index contributed by atoms with van der Waals surface area (Å²) in [6.45, 7) is 1.74. The van der Waals surface area contributed by atoms with E-state index in [1.54, 1.807) is 19.1 Å². The fourth-order valence-electron chi connectivity index (χ4n) is 2.25. The molecule has 0 aliphatic heterocycles. The lowest BCUT2D eigenvalue weighted by Gasteiger charge is -2.08. The molecule has 1 aromatic carbocycles. The molecule has 2 heterocycles. The van der Waals surface area contributed by atoms with Gasteiger partial charge in [-0.3, -0.25) is 9.78 Å². The summed E-state index contributed by atoms with van der Waals surface area (Å²) >= 11 is 0. The van der Waals surface area contributed by atoms with Crippen LogP contribution >= 0.6 is 0 Å². The predicted octanol–water partition coefficient (Wildman–Crippen LogP) is 3.98. The maximum atomic E-state index is 13.3. The number of nitrogens with one attached hydrogen (secondary N) is 1. The predicted molar refractivity (Wildman–Crippen MR) is 86.5 cm³/mol. The van der Waals surface area contributed by atoms with Gasteiger partial charge in [0, 0.05) is 23.1 Å². The number of aryl methyl sites for hydroxylation is 1. The Balaban J connectivity index is 1.90. The van der Waals surface area contributed by atoms with E-state index in [0.29, 0.717) is 22.5 Å². The highest BCUT2D eigenvalue weighted by atomic mass is 19.1. The van der Waals surface area contributed by atoms with Gasteiger partial charge in [0.05, 0.1) is 6.20 Å². The number of benzene rings is 1. The maximum Gasteiger partial charge on any atom is 0.274 e. The molecule has 0 fully saturated rings. The first-order valence-corrected chi connectivity index (χ1v) is 7.18. The van der Waals surface area contributed by atoms with E-state index >= 15 is 0 Å². The van der Waals surface area contributed by atoms with Crippen molar-refractivity contribution in [1.29, 1.82) is 0 Å². The van der Waals surface area contributed by atoms with Crippen molar-refractivity contribution in [2.24, 2.45) is 0 Å². The van der Waals surface area contributed by atoms with Crippen molar-refractivity contribution >= 4 is 11.6 Å². The molecular formula is C18H13F2N3O. The van der Waals surface area contributed by atoms with Crippen molar-refractivity contribution in [3.8, 4) is 11.1 Å². The van der Waals surface area contributed by atoms with Crippen LogP contribution in [-0.4, -0.2) is 15.9 Å². The number of rotatable bonds is 3. The van der Waals surface area contributed by atoms with Crippen LogP contribution in [0.3, 0.4) is 0 Å². The molecule has 0 bridgehead atoms. The molecule has 1 N–H and O–H groups in total. The largest absolute Gasteiger partial charge is 0.321 e. The second kappa shape index (κ2) is 6.54. The van der Waals surface area contributed by atoms with E-state index < -0.39 is 11.7 Å². The zero-order chi connectivity index (χ0) is 17.1. The van der Waals surface area contributed by atoms with Crippen LogP contribution in [0.15, 0.2) is 54.9 Å². The normalized spacial score (nSPS) is 10.5. The summed E-state index contributed by atoms with van der Waals surface area (Å²) in [7, 11) is 0. The molecule has 0 aliphatic rings. The van der Waals surface area contributed by atoms with Gasteiger partial charge in [-0.05, 0) is 55.0 Å². The fourth-order valence-corrected chi connectivity index (χ4v) is 2.25. The van der Waals surface area contributed by atoms with Gasteiger partial charge in [0.25, 0.3) is 5.91 Å². The topological polar surface area (TPSA) is 54.9 Å². The number of hydrogen-bond acceptors (Lipinski definition) is 3. The van der Waals surface area contributed by atoms with E-state index in [4.69, 9.17) is 0 Å². The molecule has 6 heteroatoms. The Labute approximate surface area is 137 Å². The van der Waals surface area contributed by atoms with E-state index in [1.165, 1.54) is 36.5 Å². The van der Waals surface area contributed by atoms with Gasteiger partial charge < -0.3 is 5.32 Å². The first-order valence-electron chi connectivity index (χ1n) is 7.18. The molecular weight excluding hydrogens is 312 g/mol. The van der Waals surface area contributed by atoms with Crippen molar-refractivity contribution in [3.05, 3.63) is 77.9 Å². The molecule has 0 radical (unpaired) electrons. The maximum absolute atomic E-state index is 13.3. The van der Waals surface area contributed by atoms with Crippen LogP contribution < -0.4 is 5.32 Å². The van der Waals surface area contributed by atoms with Gasteiger partial charge in [0.2, 0.25) is 0 Å². The summed E-state index contributed by atoms with van der Waals surface area (Å²) in [4.78, 5) is 20.3. The van der Waals surface area contributed by atoms with Gasteiger partial charge in [-0.2, -0.15) is 0 Å². The number of hydrogen-bond donors (Lipinski definition) is 1. The lowest BCUT2D eigenvalue weighted by molar-refractivity contribution is 0.102. The molecule has 0 aliphatic carbocycles. The van der Waals surface area contributed by atoms with Crippen LogP contribution in [0.2, 0.25) is 0 Å². The third-order valence-electron chi connectivity index (χ3n) is 3.33. The smallest absolute Gasteiger partial charge is 0.274 e. The van der Waals surface area contributed by atoms with E-state index in [1.807, 2.05) is 0 Å². The highest BCUT2D eigenvalue weighted by Crippen LogP contribution is 2.21. The first kappa shape index (κ1) is 15.7. The number of nitrogens with zero attached hydrogens (tertiary/aromatic N) is 2. The van der Waals surface area contributed by atoms with Crippen LogP contribution in [0.5, 0.6) is 0 Å². The Bertz CT molecular complexity index is 895. The summed E-state index contributed by atoms with van der Waals surface area (Å²) in [6.07, 6.45) is 2.62. The Morgan fingerprint density at radius 1 is 0.958 bits per heavy atom. The number of pyridine rings is 2. The minimum absolute atomic E-state index is 0.179. The highest BCUT2D eigenvalue weighted by molar-refractivity contribution is 6.03. The number of carbonyl (C=O) groups excluding carboxylic acids is 1. The number of amides is 1. The Morgan fingerprint density at radius 3 is 2.42 bits per heavy atom. The molecule has 0 unspecified atom stereocenters. The molecule has 0 atom stereocenters. The lowest BCUT2D eigenvalue weighted by Crippen LogP contribution is -2.14. The SMILES string of the molecule is Cc1cc(-c2cncc(F)c2)cc(C(=O)Nc2ccc(F)cc2)n1. The highest BCUT2D eigenvalue weighted by Gasteiger charge is 2.11. The standard InChI is InChI=1S/C18H13F2N3O/c1-11-6-12(13-7-15(20)10-21-9-13)8-17(22-11)18(24)23-16-4-2-14(19)3-5-16/h2-10H,1H3,(H,23,24). The zero-order valence-electron chi connectivity index (χ0n) is 12.8. The monoisotopic (exact) mass is 325 g/mol. The Kier molecular flexibility index (Phi) is 4.29. The van der Waals surface area contributed by atoms with Crippen molar-refractivity contribution in [2.75, 3.05) is 5.32 Å². The van der Waals surface area contributed by atoms with Crippen LogP contribution in [0, 0.1) is 18.6 Å². The van der Waals surface area contributed by atoms with Gasteiger partial charge in [-0.15, -0.1) is 0 Å². The van der Waals surface area contributed by atoms with E-state index in [9.17, 15) is 13.6 Å². The molecule has 0 saturated carbocycles. The van der Waals surface area contributed by atoms with E-state index in [2.05, 4.69) is 15.3 Å². The lowest BCUT2D eigenvalue weighted by atomic mass is 10.1. The second-order valence-corrected chi connectivity index (χ2v) is 5.24. The summed E-state index contributed by atoms with van der Waals surface area (Å²) in [5.41, 5.74) is 2.44. The number of anilines is 1. The summed E-state index contributed by atoms with van der Waals surface area (Å²) in [5.74, 6) is -1.28. The summed E-state index contributed by atoms with van der Waals surface area (Å²) in [6, 6.07) is 10.1. The molecule has 3 rings (SSSR count). The van der Waals surface area contributed by atoms with Gasteiger partial charge >= 0.3 is 0 Å². The molecule has 4 nitrogen and oxygen atoms in total. The average molecular weight is 325 g/mol. The molecule has 24 heavy (non-hydrogen) atoms. The van der Waals surface area contributed by atoms with Gasteiger partial charge in [0.1, 0.15) is 17.3 Å². The molecule has 1 amide bonds. The van der Waals surface area contributed by atoms with Crippen LogP contribution in [0.4, 0.5) is 14.5 Å². The van der Waals surface area contributed by atoms with Crippen LogP contribution in [0.1, 0.15) is 16.2 Å². The number of carbonyl (C=O) groups is 1. The summed E-state index contributed by atoms with van der Waals surface area (Å²) < 4.78 is 26.3. The van der Waals surface area contributed by atoms with Gasteiger partial charge in [0.15, 0.2) is 0 Å². The van der Waals surface area contributed by atoms with Gasteiger partial charge in [-0.1, -0.05) is 0 Å². The van der Waals surface area contributed by atoms with Crippen LogP contribution in [-0.2, 0) is 0 Å². The minimum atomic E-state index is -0.459. The van der Waals surface area contributed by atoms with E-state index in [-0.39, 0.29) is 11.5 Å². The van der Waals surface area contributed by atoms with Crippen molar-refractivity contribution in [1.82, 2.24) is 9.97 Å². The molecule has 0 spiro atoms. The molecule has 120 valence electrons. The molecule has 0 saturated heterocycles. The van der Waals surface area contributed by atoms with Crippen molar-refractivity contribution in [2.45, 2.75) is 6.92 Å². The quantitative estimate of drug-likeness (QED) is 0.792. The van der Waals surface area contributed by atoms with Crippen molar-refractivity contribution < 1.29 is 13.6 Å². The Morgan fingerprint density at radius 2 is 1.71 bits per heavy atom. The Hall–Kier alpha value is -3.15. The average Bonchev–Trinajstić information content (AvgIpc) is 2.56. The fraction of sp³-hybridized carbons (Fsp3) is 0.0556. The zero-order valence-corrected chi connectivity index (χ0v) is 12.8.